The Bertz CT molecular complexity index is 1100. The first kappa shape index (κ1) is 17.4. The second-order valence-electron chi connectivity index (χ2n) is 7.80. The Morgan fingerprint density at radius 3 is 2.79 bits per heavy atom. The molecule has 4 heterocycles. The third-order valence-electron chi connectivity index (χ3n) is 5.71. The molecule has 1 fully saturated rings. The SMILES string of the molecule is Cc1cccc(CN2C(=O)c3cc(-c4nc(Cl)ncc4C)cn3CC23CC3)n1. The fourth-order valence-electron chi connectivity index (χ4n) is 4.08. The van der Waals surface area contributed by atoms with Crippen molar-refractivity contribution in [2.45, 2.75) is 45.3 Å². The maximum atomic E-state index is 13.4. The second-order valence-corrected chi connectivity index (χ2v) is 8.14. The Labute approximate surface area is 168 Å². The van der Waals surface area contributed by atoms with Crippen LogP contribution in [-0.2, 0) is 13.1 Å². The number of fused-ring (bicyclic) bond motifs is 1. The van der Waals surface area contributed by atoms with Crippen LogP contribution in [0.3, 0.4) is 0 Å². The van der Waals surface area contributed by atoms with Crippen molar-refractivity contribution in [2.75, 3.05) is 0 Å². The molecule has 1 saturated carbocycles. The van der Waals surface area contributed by atoms with Crippen LogP contribution in [0.4, 0.5) is 0 Å². The van der Waals surface area contributed by atoms with Gasteiger partial charge in [-0.25, -0.2) is 9.97 Å². The summed E-state index contributed by atoms with van der Waals surface area (Å²) in [6, 6.07) is 7.87. The van der Waals surface area contributed by atoms with E-state index >= 15 is 0 Å². The molecule has 1 aliphatic carbocycles. The molecule has 5 rings (SSSR count). The Morgan fingerprint density at radius 1 is 1.21 bits per heavy atom. The van der Waals surface area contributed by atoms with Gasteiger partial charge in [0.25, 0.3) is 5.91 Å². The number of amides is 1. The summed E-state index contributed by atoms with van der Waals surface area (Å²) >= 11 is 5.99. The lowest BCUT2D eigenvalue weighted by Gasteiger charge is -2.37. The molecule has 142 valence electrons. The van der Waals surface area contributed by atoms with Gasteiger partial charge in [0.2, 0.25) is 5.28 Å². The summed E-state index contributed by atoms with van der Waals surface area (Å²) < 4.78 is 2.07. The van der Waals surface area contributed by atoms with Gasteiger partial charge in [-0.15, -0.1) is 0 Å². The smallest absolute Gasteiger partial charge is 0.271 e. The Hall–Kier alpha value is -2.73. The molecule has 0 bridgehead atoms. The van der Waals surface area contributed by atoms with Gasteiger partial charge in [0.15, 0.2) is 0 Å². The van der Waals surface area contributed by atoms with Crippen LogP contribution in [-0.4, -0.2) is 35.9 Å². The van der Waals surface area contributed by atoms with Crippen molar-refractivity contribution < 1.29 is 4.79 Å². The highest BCUT2D eigenvalue weighted by Gasteiger charge is 2.53. The molecule has 0 aromatic carbocycles. The largest absolute Gasteiger partial charge is 0.340 e. The molecule has 0 saturated heterocycles. The van der Waals surface area contributed by atoms with Crippen LogP contribution in [0.15, 0.2) is 36.7 Å². The third kappa shape index (κ3) is 2.79. The number of nitrogens with zero attached hydrogens (tertiary/aromatic N) is 5. The average molecular weight is 394 g/mol. The topological polar surface area (TPSA) is 63.9 Å². The molecule has 6 nitrogen and oxygen atoms in total. The van der Waals surface area contributed by atoms with Gasteiger partial charge in [-0.2, -0.15) is 0 Å². The summed E-state index contributed by atoms with van der Waals surface area (Å²) in [5, 5.41) is 0.210. The van der Waals surface area contributed by atoms with Crippen LogP contribution < -0.4 is 0 Å². The fraction of sp³-hybridized carbons (Fsp3) is 0.333. The van der Waals surface area contributed by atoms with Crippen LogP contribution in [0, 0.1) is 13.8 Å². The van der Waals surface area contributed by atoms with Crippen molar-refractivity contribution in [3.63, 3.8) is 0 Å². The van der Waals surface area contributed by atoms with Crippen molar-refractivity contribution in [3.8, 4) is 11.3 Å². The van der Waals surface area contributed by atoms with Crippen LogP contribution in [0.25, 0.3) is 11.3 Å². The van der Waals surface area contributed by atoms with Crippen molar-refractivity contribution in [2.24, 2.45) is 0 Å². The summed E-state index contributed by atoms with van der Waals surface area (Å²) in [6.45, 7) is 5.26. The van der Waals surface area contributed by atoms with Gasteiger partial charge in [-0.1, -0.05) is 6.07 Å². The lowest BCUT2D eigenvalue weighted by Crippen LogP contribution is -2.49. The number of pyridine rings is 1. The van der Waals surface area contributed by atoms with E-state index in [1.807, 2.05) is 49.2 Å². The highest BCUT2D eigenvalue weighted by atomic mass is 35.5. The second kappa shape index (κ2) is 6.14. The van der Waals surface area contributed by atoms with E-state index in [0.717, 1.165) is 47.6 Å². The van der Waals surface area contributed by atoms with E-state index < -0.39 is 0 Å². The standard InChI is InChI=1S/C21H20ClN5O/c1-13-9-23-20(22)25-18(13)15-8-17-19(28)27(11-16-5-3-4-14(2)24-16)21(6-7-21)12-26(17)10-15/h3-5,8-10H,6-7,11-12H2,1-2H3. The maximum absolute atomic E-state index is 13.4. The normalized spacial score (nSPS) is 17.1. The van der Waals surface area contributed by atoms with E-state index in [2.05, 4.69) is 19.5 Å². The number of hydrogen-bond acceptors (Lipinski definition) is 4. The summed E-state index contributed by atoms with van der Waals surface area (Å²) in [4.78, 5) is 28.4. The molecule has 3 aromatic heterocycles. The van der Waals surface area contributed by atoms with E-state index in [0.29, 0.717) is 12.2 Å². The van der Waals surface area contributed by atoms with Crippen LogP contribution >= 0.6 is 11.6 Å². The molecular formula is C21H20ClN5O. The number of rotatable bonds is 3. The molecule has 0 N–H and O–H groups in total. The first-order chi connectivity index (χ1) is 13.4. The molecule has 0 atom stereocenters. The molecule has 28 heavy (non-hydrogen) atoms. The van der Waals surface area contributed by atoms with Crippen molar-refractivity contribution >= 4 is 17.5 Å². The Balaban J connectivity index is 1.52. The summed E-state index contributed by atoms with van der Waals surface area (Å²) in [5.74, 6) is 0.0520. The first-order valence-electron chi connectivity index (χ1n) is 9.39. The zero-order chi connectivity index (χ0) is 19.5. The number of carbonyl (C=O) groups excluding carboxylic acids is 1. The molecule has 1 amide bonds. The number of halogens is 1. The van der Waals surface area contributed by atoms with E-state index in [4.69, 9.17) is 11.6 Å². The van der Waals surface area contributed by atoms with Gasteiger partial charge in [-0.05, 0) is 62.1 Å². The van der Waals surface area contributed by atoms with Gasteiger partial charge in [-0.3, -0.25) is 9.78 Å². The van der Waals surface area contributed by atoms with Crippen LogP contribution in [0.5, 0.6) is 0 Å². The van der Waals surface area contributed by atoms with Crippen molar-refractivity contribution in [1.29, 1.82) is 0 Å². The molecule has 0 unspecified atom stereocenters. The molecule has 7 heteroatoms. The maximum Gasteiger partial charge on any atom is 0.271 e. The Kier molecular flexibility index (Phi) is 3.81. The van der Waals surface area contributed by atoms with Gasteiger partial charge in [0.1, 0.15) is 5.69 Å². The highest BCUT2D eigenvalue weighted by Crippen LogP contribution is 2.47. The average Bonchev–Trinajstić information content (AvgIpc) is 3.30. The molecule has 1 spiro atoms. The Morgan fingerprint density at radius 2 is 2.04 bits per heavy atom. The minimum absolute atomic E-state index is 0.0520. The van der Waals surface area contributed by atoms with E-state index in [-0.39, 0.29) is 16.7 Å². The number of hydrogen-bond donors (Lipinski definition) is 0. The fourth-order valence-corrected chi connectivity index (χ4v) is 4.21. The summed E-state index contributed by atoms with van der Waals surface area (Å²) in [7, 11) is 0. The van der Waals surface area contributed by atoms with Gasteiger partial charge in [0.05, 0.1) is 23.5 Å². The molecule has 3 aromatic rings. The van der Waals surface area contributed by atoms with Crippen LogP contribution in [0.1, 0.15) is 40.3 Å². The quantitative estimate of drug-likeness (QED) is 0.635. The summed E-state index contributed by atoms with van der Waals surface area (Å²) in [6.07, 6.45) is 5.77. The van der Waals surface area contributed by atoms with E-state index in [9.17, 15) is 4.79 Å². The first-order valence-corrected chi connectivity index (χ1v) is 9.77. The van der Waals surface area contributed by atoms with Crippen molar-refractivity contribution in [3.05, 3.63) is 64.6 Å². The number of carbonyl (C=O) groups is 1. The summed E-state index contributed by atoms with van der Waals surface area (Å²) in [5.41, 5.74) is 5.09. The van der Waals surface area contributed by atoms with E-state index in [1.165, 1.54) is 0 Å². The van der Waals surface area contributed by atoms with Crippen LogP contribution in [0.2, 0.25) is 5.28 Å². The minimum atomic E-state index is -0.0931. The van der Waals surface area contributed by atoms with Gasteiger partial charge >= 0.3 is 0 Å². The molecule has 1 aliphatic heterocycles. The van der Waals surface area contributed by atoms with Gasteiger partial charge in [0, 0.05) is 30.2 Å². The number of aromatic nitrogens is 4. The lowest BCUT2D eigenvalue weighted by atomic mass is 10.1. The monoisotopic (exact) mass is 393 g/mol. The van der Waals surface area contributed by atoms with E-state index in [1.54, 1.807) is 6.20 Å². The predicted octanol–water partition coefficient (Wildman–Crippen LogP) is 3.80. The molecule has 2 aliphatic rings. The van der Waals surface area contributed by atoms with Gasteiger partial charge < -0.3 is 9.47 Å². The lowest BCUT2D eigenvalue weighted by molar-refractivity contribution is 0.0527. The minimum Gasteiger partial charge on any atom is -0.340 e. The molecule has 0 radical (unpaired) electrons. The predicted molar refractivity (Wildman–Crippen MR) is 106 cm³/mol. The zero-order valence-electron chi connectivity index (χ0n) is 15.8. The highest BCUT2D eigenvalue weighted by molar-refractivity contribution is 6.28. The third-order valence-corrected chi connectivity index (χ3v) is 5.89. The molecular weight excluding hydrogens is 374 g/mol. The number of aryl methyl sites for hydroxylation is 2. The zero-order valence-corrected chi connectivity index (χ0v) is 16.6. The van der Waals surface area contributed by atoms with Crippen molar-refractivity contribution in [1.82, 2.24) is 24.4 Å².